The van der Waals surface area contributed by atoms with Gasteiger partial charge in [-0.3, -0.25) is 9.78 Å². The lowest BCUT2D eigenvalue weighted by molar-refractivity contribution is -0.00177. The molecule has 1 saturated carbocycles. The maximum absolute atomic E-state index is 13.7. The van der Waals surface area contributed by atoms with Gasteiger partial charge in [0.2, 0.25) is 0 Å². The van der Waals surface area contributed by atoms with Crippen LogP contribution in [0.4, 0.5) is 10.1 Å². The van der Waals surface area contributed by atoms with E-state index in [0.717, 1.165) is 12.8 Å². The third-order valence-corrected chi connectivity index (χ3v) is 3.74. The minimum absolute atomic E-state index is 0.236. The molecule has 21 heavy (non-hydrogen) atoms. The number of alkyl halides is 1. The summed E-state index contributed by atoms with van der Waals surface area (Å²) in [5.41, 5.74) is -0.368. The SMILES string of the molecule is CC(C)(O)[C@H](F)CNC(=O)c1cnccc1NC1CCC1. The van der Waals surface area contributed by atoms with Crippen LogP contribution in [0.25, 0.3) is 0 Å². The Labute approximate surface area is 124 Å². The fourth-order valence-electron chi connectivity index (χ4n) is 2.00. The van der Waals surface area contributed by atoms with Crippen molar-refractivity contribution < 1.29 is 14.3 Å². The Hall–Kier alpha value is -1.69. The second-order valence-corrected chi connectivity index (χ2v) is 6.02. The van der Waals surface area contributed by atoms with E-state index in [-0.39, 0.29) is 6.54 Å². The van der Waals surface area contributed by atoms with Crippen LogP contribution in [0.5, 0.6) is 0 Å². The number of nitrogens with one attached hydrogen (secondary N) is 2. The molecule has 0 spiro atoms. The average molecular weight is 295 g/mol. The third kappa shape index (κ3) is 4.14. The maximum atomic E-state index is 13.7. The van der Waals surface area contributed by atoms with Crippen molar-refractivity contribution in [2.75, 3.05) is 11.9 Å². The number of carbonyl (C=O) groups is 1. The molecule has 6 heteroatoms. The predicted octanol–water partition coefficient (Wildman–Crippen LogP) is 1.88. The molecule has 0 aliphatic heterocycles. The van der Waals surface area contributed by atoms with Crippen LogP contribution in [0.15, 0.2) is 18.5 Å². The van der Waals surface area contributed by atoms with Crippen molar-refractivity contribution in [3.8, 4) is 0 Å². The van der Waals surface area contributed by atoms with Gasteiger partial charge in [-0.1, -0.05) is 0 Å². The Kier molecular flexibility index (Phi) is 4.77. The monoisotopic (exact) mass is 295 g/mol. The van der Waals surface area contributed by atoms with Crippen molar-refractivity contribution in [3.63, 3.8) is 0 Å². The largest absolute Gasteiger partial charge is 0.387 e. The third-order valence-electron chi connectivity index (χ3n) is 3.74. The van der Waals surface area contributed by atoms with E-state index < -0.39 is 17.7 Å². The summed E-state index contributed by atoms with van der Waals surface area (Å²) in [5, 5.41) is 15.3. The molecule has 116 valence electrons. The van der Waals surface area contributed by atoms with Gasteiger partial charge in [0.05, 0.1) is 23.4 Å². The first-order chi connectivity index (χ1) is 9.88. The summed E-state index contributed by atoms with van der Waals surface area (Å²) >= 11 is 0. The number of pyridine rings is 1. The zero-order valence-electron chi connectivity index (χ0n) is 12.4. The van der Waals surface area contributed by atoms with Crippen LogP contribution in [0.2, 0.25) is 0 Å². The Balaban J connectivity index is 1.98. The fraction of sp³-hybridized carbons (Fsp3) is 0.600. The van der Waals surface area contributed by atoms with Crippen molar-refractivity contribution in [3.05, 3.63) is 24.0 Å². The van der Waals surface area contributed by atoms with Crippen molar-refractivity contribution in [2.24, 2.45) is 0 Å². The van der Waals surface area contributed by atoms with Gasteiger partial charge in [0.1, 0.15) is 6.17 Å². The molecule has 3 N–H and O–H groups in total. The van der Waals surface area contributed by atoms with Crippen molar-refractivity contribution in [1.82, 2.24) is 10.3 Å². The van der Waals surface area contributed by atoms with Gasteiger partial charge in [0, 0.05) is 18.4 Å². The van der Waals surface area contributed by atoms with Crippen molar-refractivity contribution >= 4 is 11.6 Å². The summed E-state index contributed by atoms with van der Waals surface area (Å²) in [4.78, 5) is 16.1. The number of rotatable bonds is 6. The fourth-order valence-corrected chi connectivity index (χ4v) is 2.00. The van der Waals surface area contributed by atoms with E-state index in [0.29, 0.717) is 17.3 Å². The molecule has 1 aliphatic carbocycles. The van der Waals surface area contributed by atoms with E-state index in [2.05, 4.69) is 15.6 Å². The maximum Gasteiger partial charge on any atom is 0.255 e. The van der Waals surface area contributed by atoms with E-state index in [1.807, 2.05) is 0 Å². The van der Waals surface area contributed by atoms with Crippen LogP contribution in [0.1, 0.15) is 43.5 Å². The number of anilines is 1. The molecule has 0 aromatic carbocycles. The number of halogens is 1. The minimum atomic E-state index is -1.53. The molecule has 0 radical (unpaired) electrons. The molecule has 0 unspecified atom stereocenters. The number of nitrogens with zero attached hydrogens (tertiary/aromatic N) is 1. The minimum Gasteiger partial charge on any atom is -0.387 e. The summed E-state index contributed by atoms with van der Waals surface area (Å²) in [6.07, 6.45) is 4.93. The van der Waals surface area contributed by atoms with Crippen molar-refractivity contribution in [1.29, 1.82) is 0 Å². The lowest BCUT2D eigenvalue weighted by atomic mass is 9.93. The summed E-state index contributed by atoms with van der Waals surface area (Å²) in [6, 6.07) is 2.14. The second-order valence-electron chi connectivity index (χ2n) is 6.02. The summed E-state index contributed by atoms with van der Waals surface area (Å²) in [7, 11) is 0. The van der Waals surface area contributed by atoms with Gasteiger partial charge < -0.3 is 15.7 Å². The topological polar surface area (TPSA) is 74.2 Å². The second kappa shape index (κ2) is 6.39. The quantitative estimate of drug-likeness (QED) is 0.749. The number of carbonyl (C=O) groups excluding carboxylic acids is 1. The van der Waals surface area contributed by atoms with E-state index in [9.17, 15) is 14.3 Å². The number of amides is 1. The highest BCUT2D eigenvalue weighted by molar-refractivity contribution is 5.99. The van der Waals surface area contributed by atoms with Gasteiger partial charge in [-0.15, -0.1) is 0 Å². The Morgan fingerprint density at radius 3 is 2.86 bits per heavy atom. The number of aromatic nitrogens is 1. The van der Waals surface area contributed by atoms with Gasteiger partial charge in [-0.25, -0.2) is 4.39 Å². The standard InChI is InChI=1S/C15H22FN3O2/c1-15(2,21)13(16)9-18-14(20)11-8-17-7-6-12(11)19-10-4-3-5-10/h6-8,10,13,21H,3-5,9H2,1-2H3,(H,17,19)(H,18,20)/t13-/m1/s1. The van der Waals surface area contributed by atoms with Gasteiger partial charge in [0.25, 0.3) is 5.91 Å². The van der Waals surface area contributed by atoms with Crippen LogP contribution in [0.3, 0.4) is 0 Å². The smallest absolute Gasteiger partial charge is 0.255 e. The molecular weight excluding hydrogens is 273 g/mol. The first-order valence-electron chi connectivity index (χ1n) is 7.23. The average Bonchev–Trinajstić information content (AvgIpc) is 2.39. The molecule has 1 atom stereocenters. The molecular formula is C15H22FN3O2. The highest BCUT2D eigenvalue weighted by Crippen LogP contribution is 2.24. The Bertz CT molecular complexity index is 498. The van der Waals surface area contributed by atoms with Gasteiger partial charge in [0.15, 0.2) is 0 Å². The lowest BCUT2D eigenvalue weighted by Crippen LogP contribution is -2.42. The van der Waals surface area contributed by atoms with Crippen molar-refractivity contribution in [2.45, 2.75) is 50.9 Å². The van der Waals surface area contributed by atoms with Crippen LogP contribution in [-0.4, -0.2) is 40.4 Å². The lowest BCUT2D eigenvalue weighted by Gasteiger charge is -2.28. The van der Waals surface area contributed by atoms with E-state index in [1.54, 1.807) is 12.3 Å². The molecule has 1 heterocycles. The predicted molar refractivity (Wildman–Crippen MR) is 79.0 cm³/mol. The Morgan fingerprint density at radius 2 is 2.29 bits per heavy atom. The highest BCUT2D eigenvalue weighted by atomic mass is 19.1. The van der Waals surface area contributed by atoms with Crippen LogP contribution in [-0.2, 0) is 0 Å². The van der Waals surface area contributed by atoms with E-state index in [1.165, 1.54) is 26.5 Å². The van der Waals surface area contributed by atoms with Crippen LogP contribution < -0.4 is 10.6 Å². The van der Waals surface area contributed by atoms with Crippen LogP contribution in [0, 0.1) is 0 Å². The van der Waals surface area contributed by atoms with Gasteiger partial charge >= 0.3 is 0 Å². The molecule has 1 fully saturated rings. The first kappa shape index (κ1) is 15.7. The molecule has 1 aromatic heterocycles. The first-order valence-corrected chi connectivity index (χ1v) is 7.23. The number of hydrogen-bond acceptors (Lipinski definition) is 4. The van der Waals surface area contributed by atoms with E-state index >= 15 is 0 Å². The zero-order chi connectivity index (χ0) is 15.5. The number of hydrogen-bond donors (Lipinski definition) is 3. The van der Waals surface area contributed by atoms with Crippen LogP contribution >= 0.6 is 0 Å². The molecule has 0 bridgehead atoms. The molecule has 0 saturated heterocycles. The Morgan fingerprint density at radius 1 is 1.57 bits per heavy atom. The van der Waals surface area contributed by atoms with Gasteiger partial charge in [-0.2, -0.15) is 0 Å². The molecule has 1 aromatic rings. The summed E-state index contributed by atoms with van der Waals surface area (Å²) in [5.74, 6) is -0.392. The van der Waals surface area contributed by atoms with Gasteiger partial charge in [-0.05, 0) is 39.2 Å². The summed E-state index contributed by atoms with van der Waals surface area (Å²) < 4.78 is 13.7. The highest BCUT2D eigenvalue weighted by Gasteiger charge is 2.27. The number of aliphatic hydroxyl groups is 1. The molecule has 1 aliphatic rings. The normalized spacial score (nSPS) is 17.0. The zero-order valence-corrected chi connectivity index (χ0v) is 12.4. The molecule has 5 nitrogen and oxygen atoms in total. The molecule has 1 amide bonds. The van der Waals surface area contributed by atoms with E-state index in [4.69, 9.17) is 0 Å². The summed E-state index contributed by atoms with van der Waals surface area (Å²) in [6.45, 7) is 2.51. The molecule has 2 rings (SSSR count).